The maximum absolute atomic E-state index is 13.3. The first-order valence-corrected chi connectivity index (χ1v) is 11.2. The molecule has 0 bridgehead atoms. The maximum atomic E-state index is 13.3. The van der Waals surface area contributed by atoms with Gasteiger partial charge in [0.1, 0.15) is 11.8 Å². The van der Waals surface area contributed by atoms with Crippen molar-refractivity contribution in [3.8, 4) is 6.07 Å². The smallest absolute Gasteiger partial charge is 0.376 e. The molecule has 174 valence electrons. The molecule has 2 fully saturated rings. The molecule has 1 aromatic heterocycles. The van der Waals surface area contributed by atoms with Crippen LogP contribution in [-0.4, -0.2) is 39.2 Å². The zero-order chi connectivity index (χ0) is 23.8. The molecule has 2 aromatic rings. The summed E-state index contributed by atoms with van der Waals surface area (Å²) < 4.78 is 39.3. The quantitative estimate of drug-likeness (QED) is 0.681. The Kier molecular flexibility index (Phi) is 6.19. The fraction of sp³-hybridized carbons (Fsp3) is 0.480. The van der Waals surface area contributed by atoms with Crippen LogP contribution in [0.5, 0.6) is 0 Å². The van der Waals surface area contributed by atoms with Crippen molar-refractivity contribution in [3.05, 3.63) is 65.0 Å². The van der Waals surface area contributed by atoms with E-state index in [1.165, 1.54) is 24.3 Å². The van der Waals surface area contributed by atoms with Crippen LogP contribution in [0.3, 0.4) is 0 Å². The molecule has 0 unspecified atom stereocenters. The van der Waals surface area contributed by atoms with Gasteiger partial charge in [0.05, 0.1) is 0 Å². The monoisotopic (exact) mass is 457 g/mol. The molecule has 0 spiro atoms. The molecule has 1 aromatic carbocycles. The number of pyridine rings is 1. The predicted molar refractivity (Wildman–Crippen MR) is 115 cm³/mol. The molecule has 1 atom stereocenters. The molecule has 0 radical (unpaired) electrons. The number of carbonyl (C=O) groups excluding carboxylic acids is 1. The van der Waals surface area contributed by atoms with Gasteiger partial charge < -0.3 is 10.0 Å². The van der Waals surface area contributed by atoms with Crippen molar-refractivity contribution >= 4 is 5.91 Å². The van der Waals surface area contributed by atoms with Gasteiger partial charge >= 0.3 is 6.18 Å². The standard InChI is InChI=1S/C25H26F3N3O2/c1-24(33,25(26,27)28)19-7-2-17(3-8-19)23(32)31(22-12-13-22)21-10-5-16(6-11-21)18-4-9-20(14-29)30-15-18/h2-4,7-9,15-16,21-22,33H,5-6,10-13H2,1H3/t16-,21-,24-/m0/s1. The van der Waals surface area contributed by atoms with Crippen molar-refractivity contribution in [2.24, 2.45) is 0 Å². The van der Waals surface area contributed by atoms with Gasteiger partial charge in [-0.15, -0.1) is 0 Å². The Hall–Kier alpha value is -2.92. The van der Waals surface area contributed by atoms with Crippen molar-refractivity contribution in [3.63, 3.8) is 0 Å². The molecule has 2 aliphatic carbocycles. The lowest BCUT2D eigenvalue weighted by atomic mass is 9.81. The highest BCUT2D eigenvalue weighted by molar-refractivity contribution is 5.95. The summed E-state index contributed by atoms with van der Waals surface area (Å²) in [5.74, 6) is 0.167. The van der Waals surface area contributed by atoms with E-state index in [1.54, 1.807) is 12.3 Å². The maximum Gasteiger partial charge on any atom is 0.421 e. The van der Waals surface area contributed by atoms with Gasteiger partial charge in [-0.1, -0.05) is 18.2 Å². The molecule has 1 heterocycles. The fourth-order valence-electron chi connectivity index (χ4n) is 4.63. The molecule has 1 amide bonds. The van der Waals surface area contributed by atoms with E-state index in [0.29, 0.717) is 24.1 Å². The van der Waals surface area contributed by atoms with E-state index < -0.39 is 11.8 Å². The summed E-state index contributed by atoms with van der Waals surface area (Å²) in [6.07, 6.45) is 2.32. The molecule has 0 saturated heterocycles. The second-order valence-corrected chi connectivity index (χ2v) is 9.18. The number of nitriles is 1. The highest BCUT2D eigenvalue weighted by atomic mass is 19.4. The van der Waals surface area contributed by atoms with Gasteiger partial charge in [0.15, 0.2) is 5.60 Å². The first kappa shape index (κ1) is 23.2. The highest BCUT2D eigenvalue weighted by Gasteiger charge is 2.51. The Morgan fingerprint density at radius 1 is 1.03 bits per heavy atom. The van der Waals surface area contributed by atoms with Crippen LogP contribution in [-0.2, 0) is 5.60 Å². The van der Waals surface area contributed by atoms with Crippen molar-refractivity contribution in [1.82, 2.24) is 9.88 Å². The van der Waals surface area contributed by atoms with Crippen LogP contribution in [0.1, 0.15) is 78.5 Å². The van der Waals surface area contributed by atoms with Gasteiger partial charge in [-0.2, -0.15) is 18.4 Å². The molecule has 4 rings (SSSR count). The number of halogens is 3. The molecule has 2 aliphatic rings. The lowest BCUT2D eigenvalue weighted by Crippen LogP contribution is -2.44. The third-order valence-electron chi connectivity index (χ3n) is 6.88. The number of hydrogen-bond donors (Lipinski definition) is 1. The number of benzene rings is 1. The van der Waals surface area contributed by atoms with E-state index in [1.807, 2.05) is 17.0 Å². The summed E-state index contributed by atoms with van der Waals surface area (Å²) in [6.45, 7) is 0.710. The molecule has 33 heavy (non-hydrogen) atoms. The molecule has 1 N–H and O–H groups in total. The van der Waals surface area contributed by atoms with Gasteiger partial charge in [-0.25, -0.2) is 4.98 Å². The van der Waals surface area contributed by atoms with Gasteiger partial charge in [0.2, 0.25) is 0 Å². The topological polar surface area (TPSA) is 77.2 Å². The van der Waals surface area contributed by atoms with Gasteiger partial charge in [-0.05, 0) is 80.7 Å². The van der Waals surface area contributed by atoms with Crippen LogP contribution < -0.4 is 0 Å². The Morgan fingerprint density at radius 2 is 1.61 bits per heavy atom. The average molecular weight is 457 g/mol. The van der Waals surface area contributed by atoms with E-state index in [9.17, 15) is 23.1 Å². The molecule has 5 nitrogen and oxygen atoms in total. The van der Waals surface area contributed by atoms with Gasteiger partial charge in [0.25, 0.3) is 5.91 Å². The van der Waals surface area contributed by atoms with Gasteiger partial charge in [-0.3, -0.25) is 4.79 Å². The minimum atomic E-state index is -4.80. The summed E-state index contributed by atoms with van der Waals surface area (Å²) in [6, 6.07) is 11.1. The number of rotatable bonds is 5. The molecule has 8 heteroatoms. The van der Waals surface area contributed by atoms with Gasteiger partial charge in [0, 0.05) is 23.8 Å². The number of hydrogen-bond acceptors (Lipinski definition) is 4. The predicted octanol–water partition coefficient (Wildman–Crippen LogP) is 5.05. The number of carbonyl (C=O) groups is 1. The molecule has 2 saturated carbocycles. The second kappa shape index (κ2) is 8.79. The summed E-state index contributed by atoms with van der Waals surface area (Å²) in [7, 11) is 0. The van der Waals surface area contributed by atoms with Crippen molar-refractivity contribution in [2.45, 2.75) is 75.2 Å². The normalized spacial score (nSPS) is 22.8. The highest BCUT2D eigenvalue weighted by Crippen LogP contribution is 2.41. The van der Waals surface area contributed by atoms with Crippen LogP contribution in [0.4, 0.5) is 13.2 Å². The molecular formula is C25H26F3N3O2. The number of aromatic nitrogens is 1. The summed E-state index contributed by atoms with van der Waals surface area (Å²) in [4.78, 5) is 19.4. The Morgan fingerprint density at radius 3 is 2.06 bits per heavy atom. The number of nitrogens with zero attached hydrogens (tertiary/aromatic N) is 3. The number of alkyl halides is 3. The van der Waals surface area contributed by atoms with E-state index in [2.05, 4.69) is 4.98 Å². The van der Waals surface area contributed by atoms with Crippen LogP contribution >= 0.6 is 0 Å². The van der Waals surface area contributed by atoms with Crippen LogP contribution in [0.15, 0.2) is 42.6 Å². The Bertz CT molecular complexity index is 1030. The van der Waals surface area contributed by atoms with E-state index >= 15 is 0 Å². The largest absolute Gasteiger partial charge is 0.421 e. The van der Waals surface area contributed by atoms with Crippen molar-refractivity contribution in [1.29, 1.82) is 5.26 Å². The van der Waals surface area contributed by atoms with Crippen molar-refractivity contribution in [2.75, 3.05) is 0 Å². The van der Waals surface area contributed by atoms with E-state index in [4.69, 9.17) is 5.26 Å². The first-order valence-electron chi connectivity index (χ1n) is 11.2. The Labute approximate surface area is 190 Å². The zero-order valence-corrected chi connectivity index (χ0v) is 18.3. The first-order chi connectivity index (χ1) is 15.6. The van der Waals surface area contributed by atoms with Crippen LogP contribution in [0.2, 0.25) is 0 Å². The number of amides is 1. The van der Waals surface area contributed by atoms with Crippen LogP contribution in [0.25, 0.3) is 0 Å². The zero-order valence-electron chi connectivity index (χ0n) is 18.3. The summed E-state index contributed by atoms with van der Waals surface area (Å²) in [5.41, 5.74) is -1.43. The van der Waals surface area contributed by atoms with E-state index in [-0.39, 0.29) is 23.6 Å². The van der Waals surface area contributed by atoms with E-state index in [0.717, 1.165) is 44.1 Å². The summed E-state index contributed by atoms with van der Waals surface area (Å²) >= 11 is 0. The lowest BCUT2D eigenvalue weighted by molar-refractivity contribution is -0.258. The molecular weight excluding hydrogens is 431 g/mol. The molecule has 0 aliphatic heterocycles. The fourth-order valence-corrected chi connectivity index (χ4v) is 4.63. The Balaban J connectivity index is 1.45. The number of aliphatic hydroxyl groups is 1. The van der Waals surface area contributed by atoms with Crippen molar-refractivity contribution < 1.29 is 23.1 Å². The minimum Gasteiger partial charge on any atom is -0.376 e. The third kappa shape index (κ3) is 4.74. The second-order valence-electron chi connectivity index (χ2n) is 9.18. The SMILES string of the molecule is C[C@](O)(c1ccc(C(=O)N(C2CC2)[C@H]2CC[C@H](c3ccc(C#N)nc3)CC2)cc1)C(F)(F)F. The van der Waals surface area contributed by atoms with Crippen LogP contribution in [0, 0.1) is 11.3 Å². The lowest BCUT2D eigenvalue weighted by Gasteiger charge is -2.37. The average Bonchev–Trinajstić information content (AvgIpc) is 3.64. The summed E-state index contributed by atoms with van der Waals surface area (Å²) in [5, 5.41) is 18.8. The minimum absolute atomic E-state index is 0.0885. The third-order valence-corrected chi connectivity index (χ3v) is 6.88.